The van der Waals surface area contributed by atoms with Crippen LogP contribution in [0.1, 0.15) is 52.9 Å². The van der Waals surface area contributed by atoms with Crippen LogP contribution in [-0.4, -0.2) is 23.8 Å². The van der Waals surface area contributed by atoms with Crippen molar-refractivity contribution in [2.45, 2.75) is 59.0 Å². The fourth-order valence-electron chi connectivity index (χ4n) is 1.47. The highest BCUT2D eigenvalue weighted by Gasteiger charge is 2.02. The van der Waals surface area contributed by atoms with E-state index in [9.17, 15) is 4.79 Å². The molecule has 0 aliphatic carbocycles. The van der Waals surface area contributed by atoms with Gasteiger partial charge in [-0.2, -0.15) is 0 Å². The van der Waals surface area contributed by atoms with Gasteiger partial charge in [0.1, 0.15) is 0 Å². The van der Waals surface area contributed by atoms with Crippen molar-refractivity contribution in [3.8, 4) is 0 Å². The smallest absolute Gasteiger partial charge is 0.328 e. The van der Waals surface area contributed by atoms with Gasteiger partial charge in [-0.1, -0.05) is 32.6 Å². The Kier molecular flexibility index (Phi) is 8.91. The number of ether oxygens (including phenoxy) is 1. The van der Waals surface area contributed by atoms with Gasteiger partial charge in [-0.15, -0.1) is 0 Å². The third-order valence-electron chi connectivity index (χ3n) is 2.43. The molecule has 94 valence electrons. The van der Waals surface area contributed by atoms with Gasteiger partial charge < -0.3 is 9.84 Å². The summed E-state index contributed by atoms with van der Waals surface area (Å²) in [7, 11) is 0. The van der Waals surface area contributed by atoms with E-state index in [1.165, 1.54) is 31.8 Å². The summed E-state index contributed by atoms with van der Waals surface area (Å²) in [5, 5.41) is 8.52. The SMILES string of the molecule is CCCCCCC(C)OCC(C)=CC(=O)O. The third-order valence-corrected chi connectivity index (χ3v) is 2.43. The van der Waals surface area contributed by atoms with Gasteiger partial charge in [-0.3, -0.25) is 0 Å². The maximum Gasteiger partial charge on any atom is 0.328 e. The minimum Gasteiger partial charge on any atom is -0.478 e. The molecular formula is C13H24O3. The number of hydrogen-bond acceptors (Lipinski definition) is 2. The summed E-state index contributed by atoms with van der Waals surface area (Å²) in [5.74, 6) is -0.906. The molecule has 0 radical (unpaired) electrons. The lowest BCUT2D eigenvalue weighted by Crippen LogP contribution is -2.10. The van der Waals surface area contributed by atoms with Crippen LogP contribution in [0.4, 0.5) is 0 Å². The Bertz CT molecular complexity index is 221. The molecule has 0 aromatic heterocycles. The molecule has 3 nitrogen and oxygen atoms in total. The quantitative estimate of drug-likeness (QED) is 0.486. The Morgan fingerprint density at radius 3 is 2.62 bits per heavy atom. The van der Waals surface area contributed by atoms with Gasteiger partial charge in [0.25, 0.3) is 0 Å². The highest BCUT2D eigenvalue weighted by Crippen LogP contribution is 2.08. The molecule has 0 spiro atoms. The molecule has 0 aliphatic heterocycles. The van der Waals surface area contributed by atoms with Gasteiger partial charge in [0.2, 0.25) is 0 Å². The molecule has 0 aliphatic rings. The lowest BCUT2D eigenvalue weighted by molar-refractivity contribution is -0.131. The van der Waals surface area contributed by atoms with Crippen LogP contribution in [0.5, 0.6) is 0 Å². The van der Waals surface area contributed by atoms with Gasteiger partial charge >= 0.3 is 5.97 Å². The molecule has 0 rings (SSSR count). The van der Waals surface area contributed by atoms with E-state index < -0.39 is 5.97 Å². The molecule has 0 saturated carbocycles. The van der Waals surface area contributed by atoms with Crippen LogP contribution in [-0.2, 0) is 9.53 Å². The molecule has 0 bridgehead atoms. The third kappa shape index (κ3) is 9.71. The predicted octanol–water partition coefficient (Wildman–Crippen LogP) is 3.39. The van der Waals surface area contributed by atoms with Crippen LogP contribution in [0.15, 0.2) is 11.6 Å². The summed E-state index contributed by atoms with van der Waals surface area (Å²) < 4.78 is 5.55. The summed E-state index contributed by atoms with van der Waals surface area (Å²) in [6, 6.07) is 0. The van der Waals surface area contributed by atoms with E-state index in [1.807, 2.05) is 6.92 Å². The number of carboxylic acid groups (broad SMARTS) is 1. The first-order valence-corrected chi connectivity index (χ1v) is 6.08. The van der Waals surface area contributed by atoms with Crippen molar-refractivity contribution in [3.63, 3.8) is 0 Å². The Morgan fingerprint density at radius 2 is 2.06 bits per heavy atom. The Labute approximate surface area is 98.5 Å². The molecule has 1 unspecified atom stereocenters. The molecular weight excluding hydrogens is 204 g/mol. The van der Waals surface area contributed by atoms with E-state index in [4.69, 9.17) is 9.84 Å². The first-order chi connectivity index (χ1) is 7.56. The van der Waals surface area contributed by atoms with Crippen molar-refractivity contribution in [3.05, 3.63) is 11.6 Å². The minimum atomic E-state index is -0.906. The van der Waals surface area contributed by atoms with E-state index in [-0.39, 0.29) is 6.10 Å². The Balaban J connectivity index is 3.56. The van der Waals surface area contributed by atoms with E-state index in [2.05, 4.69) is 6.92 Å². The summed E-state index contributed by atoms with van der Waals surface area (Å²) >= 11 is 0. The maximum atomic E-state index is 10.4. The highest BCUT2D eigenvalue weighted by molar-refractivity contribution is 5.80. The second kappa shape index (κ2) is 9.40. The van der Waals surface area contributed by atoms with Crippen LogP contribution >= 0.6 is 0 Å². The number of aliphatic carboxylic acids is 1. The summed E-state index contributed by atoms with van der Waals surface area (Å²) in [5.41, 5.74) is 0.757. The van der Waals surface area contributed by atoms with Crippen molar-refractivity contribution in [2.24, 2.45) is 0 Å². The molecule has 3 heteroatoms. The van der Waals surface area contributed by atoms with E-state index in [0.717, 1.165) is 12.0 Å². The lowest BCUT2D eigenvalue weighted by atomic mass is 10.1. The second-order valence-electron chi connectivity index (χ2n) is 4.30. The first kappa shape index (κ1) is 15.2. The van der Waals surface area contributed by atoms with Crippen molar-refractivity contribution in [1.29, 1.82) is 0 Å². The second-order valence-corrected chi connectivity index (χ2v) is 4.30. The van der Waals surface area contributed by atoms with Gasteiger partial charge in [0.05, 0.1) is 12.7 Å². The monoisotopic (exact) mass is 228 g/mol. The summed E-state index contributed by atoms with van der Waals surface area (Å²) in [6.07, 6.45) is 7.45. The molecule has 0 amide bonds. The zero-order valence-electron chi connectivity index (χ0n) is 10.7. The van der Waals surface area contributed by atoms with Gasteiger partial charge in [0.15, 0.2) is 0 Å². The highest BCUT2D eigenvalue weighted by atomic mass is 16.5. The topological polar surface area (TPSA) is 46.5 Å². The van der Waals surface area contributed by atoms with Crippen LogP contribution in [0.2, 0.25) is 0 Å². The van der Waals surface area contributed by atoms with Gasteiger partial charge in [0, 0.05) is 6.08 Å². The minimum absolute atomic E-state index is 0.217. The first-order valence-electron chi connectivity index (χ1n) is 6.08. The Morgan fingerprint density at radius 1 is 1.38 bits per heavy atom. The largest absolute Gasteiger partial charge is 0.478 e. The lowest BCUT2D eigenvalue weighted by Gasteiger charge is -2.12. The average molecular weight is 228 g/mol. The summed E-state index contributed by atoms with van der Waals surface area (Å²) in [4.78, 5) is 10.4. The van der Waals surface area contributed by atoms with Crippen molar-refractivity contribution >= 4 is 5.97 Å². The molecule has 16 heavy (non-hydrogen) atoms. The zero-order chi connectivity index (χ0) is 12.4. The van der Waals surface area contributed by atoms with E-state index in [1.54, 1.807) is 6.92 Å². The number of carboxylic acids is 1. The number of carbonyl (C=O) groups is 1. The fraction of sp³-hybridized carbons (Fsp3) is 0.769. The average Bonchev–Trinajstić information content (AvgIpc) is 2.20. The van der Waals surface area contributed by atoms with E-state index in [0.29, 0.717) is 6.61 Å². The van der Waals surface area contributed by atoms with Crippen LogP contribution in [0, 0.1) is 0 Å². The van der Waals surface area contributed by atoms with Crippen LogP contribution in [0.25, 0.3) is 0 Å². The van der Waals surface area contributed by atoms with Crippen molar-refractivity contribution in [1.82, 2.24) is 0 Å². The fourth-order valence-corrected chi connectivity index (χ4v) is 1.47. The number of rotatable bonds is 9. The normalized spacial score (nSPS) is 13.8. The maximum absolute atomic E-state index is 10.4. The van der Waals surface area contributed by atoms with Crippen molar-refractivity contribution in [2.75, 3.05) is 6.61 Å². The van der Waals surface area contributed by atoms with Crippen LogP contribution < -0.4 is 0 Å². The van der Waals surface area contributed by atoms with Gasteiger partial charge in [-0.25, -0.2) is 4.79 Å². The predicted molar refractivity (Wildman–Crippen MR) is 65.6 cm³/mol. The zero-order valence-corrected chi connectivity index (χ0v) is 10.7. The molecule has 0 fully saturated rings. The molecule has 0 saturated heterocycles. The molecule has 1 N–H and O–H groups in total. The standard InChI is InChI=1S/C13H24O3/c1-4-5-6-7-8-12(3)16-10-11(2)9-13(14)15/h9,12H,4-8,10H2,1-3H3,(H,14,15). The number of hydrogen-bond donors (Lipinski definition) is 1. The van der Waals surface area contributed by atoms with Gasteiger partial charge in [-0.05, 0) is 25.8 Å². The molecule has 0 heterocycles. The number of unbranched alkanes of at least 4 members (excludes halogenated alkanes) is 3. The molecule has 0 aromatic carbocycles. The molecule has 0 aromatic rings. The molecule has 1 atom stereocenters. The van der Waals surface area contributed by atoms with Crippen LogP contribution in [0.3, 0.4) is 0 Å². The Hall–Kier alpha value is -0.830. The van der Waals surface area contributed by atoms with E-state index >= 15 is 0 Å². The van der Waals surface area contributed by atoms with Crippen molar-refractivity contribution < 1.29 is 14.6 Å². The summed E-state index contributed by atoms with van der Waals surface area (Å²) in [6.45, 7) is 6.43.